The van der Waals surface area contributed by atoms with Crippen LogP contribution in [0.2, 0.25) is 5.02 Å². The first kappa shape index (κ1) is 13.5. The van der Waals surface area contributed by atoms with Gasteiger partial charge in [-0.1, -0.05) is 11.6 Å². The van der Waals surface area contributed by atoms with Gasteiger partial charge in [0.05, 0.1) is 11.8 Å². The molecule has 8 heteroatoms. The highest BCUT2D eigenvalue weighted by Crippen LogP contribution is 2.20. The molecule has 2 rings (SSSR count). The monoisotopic (exact) mass is 296 g/mol. The lowest BCUT2D eigenvalue weighted by atomic mass is 10.2. The predicted octanol–water partition coefficient (Wildman–Crippen LogP) is 1.41. The molecule has 98 valence electrons. The van der Waals surface area contributed by atoms with Crippen molar-refractivity contribution in [1.82, 2.24) is 14.9 Å². The maximum absolute atomic E-state index is 12.1. The third-order valence-corrected chi connectivity index (χ3v) is 4.05. The lowest BCUT2D eigenvalue weighted by Gasteiger charge is -2.07. The summed E-state index contributed by atoms with van der Waals surface area (Å²) >= 11 is 5.76. The first-order valence-electron chi connectivity index (χ1n) is 5.20. The van der Waals surface area contributed by atoms with Crippen molar-refractivity contribution in [2.24, 2.45) is 0 Å². The Morgan fingerprint density at radius 1 is 1.47 bits per heavy atom. The highest BCUT2D eigenvalue weighted by molar-refractivity contribution is 7.89. The standard InChI is InChI=1S/C11H9ClN4O2S/c12-10-2-1-9(4-13)11(3-10)19(17,18)16-7-8-5-14-15-6-8/h1-3,5-6,16H,7H2,(H,14,15). The van der Waals surface area contributed by atoms with Gasteiger partial charge in [0.25, 0.3) is 0 Å². The molecule has 6 nitrogen and oxygen atoms in total. The summed E-state index contributed by atoms with van der Waals surface area (Å²) in [7, 11) is -3.80. The van der Waals surface area contributed by atoms with Crippen LogP contribution in [0.3, 0.4) is 0 Å². The van der Waals surface area contributed by atoms with Crippen LogP contribution in [0.5, 0.6) is 0 Å². The molecule has 2 aromatic rings. The van der Waals surface area contributed by atoms with Crippen LogP contribution in [0, 0.1) is 11.3 Å². The summed E-state index contributed by atoms with van der Waals surface area (Å²) in [6.07, 6.45) is 3.08. The molecule has 0 radical (unpaired) electrons. The Bertz CT molecular complexity index is 720. The van der Waals surface area contributed by atoms with Gasteiger partial charge in [0.1, 0.15) is 11.0 Å². The summed E-state index contributed by atoms with van der Waals surface area (Å²) in [6.45, 7) is 0.0796. The average Bonchev–Trinajstić information content (AvgIpc) is 2.89. The first-order valence-corrected chi connectivity index (χ1v) is 7.06. The van der Waals surface area contributed by atoms with Gasteiger partial charge < -0.3 is 0 Å². The minimum atomic E-state index is -3.80. The molecule has 0 saturated carbocycles. The van der Waals surface area contributed by atoms with Gasteiger partial charge in [0, 0.05) is 23.3 Å². The van der Waals surface area contributed by atoms with Gasteiger partial charge in [-0.25, -0.2) is 13.1 Å². The molecular formula is C11H9ClN4O2S. The van der Waals surface area contributed by atoms with Crippen molar-refractivity contribution in [2.75, 3.05) is 0 Å². The maximum Gasteiger partial charge on any atom is 0.242 e. The van der Waals surface area contributed by atoms with E-state index in [1.807, 2.05) is 6.07 Å². The molecule has 0 aliphatic rings. The SMILES string of the molecule is N#Cc1ccc(Cl)cc1S(=O)(=O)NCc1cn[nH]c1. The van der Waals surface area contributed by atoms with E-state index in [0.717, 1.165) is 0 Å². The quantitative estimate of drug-likeness (QED) is 0.891. The summed E-state index contributed by atoms with van der Waals surface area (Å²) in [5, 5.41) is 15.5. The number of H-pyrrole nitrogens is 1. The molecule has 0 amide bonds. The molecule has 0 bridgehead atoms. The fourth-order valence-electron chi connectivity index (χ4n) is 1.44. The zero-order valence-electron chi connectivity index (χ0n) is 9.59. The number of sulfonamides is 1. The second-order valence-corrected chi connectivity index (χ2v) is 5.86. The summed E-state index contributed by atoms with van der Waals surface area (Å²) < 4.78 is 26.6. The van der Waals surface area contributed by atoms with Gasteiger partial charge in [-0.3, -0.25) is 5.10 Å². The van der Waals surface area contributed by atoms with E-state index in [1.54, 1.807) is 6.20 Å². The van der Waals surface area contributed by atoms with Crippen molar-refractivity contribution in [1.29, 1.82) is 5.26 Å². The van der Waals surface area contributed by atoms with Crippen LogP contribution >= 0.6 is 11.6 Å². The zero-order chi connectivity index (χ0) is 13.9. The topological polar surface area (TPSA) is 98.6 Å². The Kier molecular flexibility index (Phi) is 3.85. The summed E-state index contributed by atoms with van der Waals surface area (Å²) in [6, 6.07) is 5.91. The largest absolute Gasteiger partial charge is 0.285 e. The number of aromatic amines is 1. The number of hydrogen-bond acceptors (Lipinski definition) is 4. The molecule has 0 atom stereocenters. The molecule has 2 N–H and O–H groups in total. The van der Waals surface area contributed by atoms with E-state index < -0.39 is 10.0 Å². The molecule has 0 aliphatic carbocycles. The van der Waals surface area contributed by atoms with E-state index >= 15 is 0 Å². The highest BCUT2D eigenvalue weighted by atomic mass is 35.5. The van der Waals surface area contributed by atoms with Gasteiger partial charge in [-0.15, -0.1) is 0 Å². The number of rotatable bonds is 4. The molecule has 0 aliphatic heterocycles. The van der Waals surface area contributed by atoms with Crippen molar-refractivity contribution in [3.63, 3.8) is 0 Å². The summed E-state index contributed by atoms with van der Waals surface area (Å²) in [4.78, 5) is -0.133. The molecule has 1 aromatic heterocycles. The minimum absolute atomic E-state index is 0.0455. The molecule has 0 unspecified atom stereocenters. The number of halogens is 1. The number of benzene rings is 1. The highest BCUT2D eigenvalue weighted by Gasteiger charge is 2.19. The van der Waals surface area contributed by atoms with Crippen LogP contribution in [0.25, 0.3) is 0 Å². The third kappa shape index (κ3) is 3.12. The van der Waals surface area contributed by atoms with E-state index in [0.29, 0.717) is 5.56 Å². The van der Waals surface area contributed by atoms with Crippen LogP contribution in [0.1, 0.15) is 11.1 Å². The second-order valence-electron chi connectivity index (χ2n) is 3.68. The van der Waals surface area contributed by atoms with Gasteiger partial charge in [-0.05, 0) is 18.2 Å². The van der Waals surface area contributed by atoms with Crippen molar-refractivity contribution >= 4 is 21.6 Å². The van der Waals surface area contributed by atoms with Crippen molar-refractivity contribution < 1.29 is 8.42 Å². The van der Waals surface area contributed by atoms with Crippen molar-refractivity contribution in [2.45, 2.75) is 11.4 Å². The fraction of sp³-hybridized carbons (Fsp3) is 0.0909. The Morgan fingerprint density at radius 2 is 2.26 bits per heavy atom. The molecule has 0 saturated heterocycles. The fourth-order valence-corrected chi connectivity index (χ4v) is 2.88. The number of nitriles is 1. The van der Waals surface area contributed by atoms with Gasteiger partial charge in [0.2, 0.25) is 10.0 Å². The van der Waals surface area contributed by atoms with Crippen LogP contribution in [0.15, 0.2) is 35.5 Å². The molecule has 1 aromatic carbocycles. The van der Waals surface area contributed by atoms with Gasteiger partial charge >= 0.3 is 0 Å². The van der Waals surface area contributed by atoms with Gasteiger partial charge in [-0.2, -0.15) is 10.4 Å². The van der Waals surface area contributed by atoms with E-state index in [4.69, 9.17) is 16.9 Å². The molecule has 1 heterocycles. The maximum atomic E-state index is 12.1. The normalized spacial score (nSPS) is 11.2. The Balaban J connectivity index is 2.29. The Morgan fingerprint density at radius 3 is 2.89 bits per heavy atom. The summed E-state index contributed by atoms with van der Waals surface area (Å²) in [5.74, 6) is 0. The second kappa shape index (κ2) is 5.40. The summed E-state index contributed by atoms with van der Waals surface area (Å²) in [5.41, 5.74) is 0.730. The number of nitrogens with zero attached hydrogens (tertiary/aromatic N) is 2. The molecule has 0 fully saturated rings. The molecular weight excluding hydrogens is 288 g/mol. The smallest absolute Gasteiger partial charge is 0.242 e. The Hall–Kier alpha value is -1.88. The van der Waals surface area contributed by atoms with E-state index in [1.165, 1.54) is 24.4 Å². The first-order chi connectivity index (χ1) is 9.03. The van der Waals surface area contributed by atoms with E-state index in [-0.39, 0.29) is 22.0 Å². The minimum Gasteiger partial charge on any atom is -0.285 e. The Labute approximate surface area is 115 Å². The predicted molar refractivity (Wildman–Crippen MR) is 68.8 cm³/mol. The van der Waals surface area contributed by atoms with Crippen LogP contribution in [0.4, 0.5) is 0 Å². The van der Waals surface area contributed by atoms with Crippen LogP contribution < -0.4 is 4.72 Å². The van der Waals surface area contributed by atoms with Crippen molar-refractivity contribution in [3.05, 3.63) is 46.7 Å². The van der Waals surface area contributed by atoms with Gasteiger partial charge in [0.15, 0.2) is 0 Å². The van der Waals surface area contributed by atoms with Crippen molar-refractivity contribution in [3.8, 4) is 6.07 Å². The van der Waals surface area contributed by atoms with E-state index in [9.17, 15) is 8.42 Å². The zero-order valence-corrected chi connectivity index (χ0v) is 11.2. The molecule has 19 heavy (non-hydrogen) atoms. The third-order valence-electron chi connectivity index (χ3n) is 2.37. The molecule has 0 spiro atoms. The number of nitrogens with one attached hydrogen (secondary N) is 2. The van der Waals surface area contributed by atoms with Crippen LogP contribution in [-0.4, -0.2) is 18.6 Å². The lowest BCUT2D eigenvalue weighted by molar-refractivity contribution is 0.581. The number of aromatic nitrogens is 2. The van der Waals surface area contributed by atoms with Crippen LogP contribution in [-0.2, 0) is 16.6 Å². The average molecular weight is 297 g/mol. The van der Waals surface area contributed by atoms with E-state index in [2.05, 4.69) is 14.9 Å². The lowest BCUT2D eigenvalue weighted by Crippen LogP contribution is -2.23. The number of hydrogen-bond donors (Lipinski definition) is 2.